The standard InChI is InChI=1S/C3H4N2.Ca.2H/c1-2-4-5-3-1;;;/h1-3H,(H,4,5);;;/q;+2;2*-1. The van der Waals surface area contributed by atoms with E-state index in [0.717, 1.165) is 0 Å². The minimum Gasteiger partial charge on any atom is -1.00 e. The van der Waals surface area contributed by atoms with Crippen LogP contribution < -0.4 is 0 Å². The van der Waals surface area contributed by atoms with Gasteiger partial charge in [0.05, 0.1) is 0 Å². The van der Waals surface area contributed by atoms with Crippen molar-refractivity contribution < 1.29 is 2.85 Å². The second-order valence-electron chi connectivity index (χ2n) is 0.766. The van der Waals surface area contributed by atoms with E-state index in [2.05, 4.69) is 10.2 Å². The van der Waals surface area contributed by atoms with Gasteiger partial charge in [-0.3, -0.25) is 5.10 Å². The first kappa shape index (κ1) is 6.47. The number of hydrogen-bond acceptors (Lipinski definition) is 1. The molecule has 1 rings (SSSR count). The quantitative estimate of drug-likeness (QED) is 0.477. The van der Waals surface area contributed by atoms with Crippen LogP contribution >= 0.6 is 0 Å². The molecule has 0 unspecified atom stereocenters. The molecule has 0 aliphatic carbocycles. The molecular formula is C3H6CaN2. The maximum Gasteiger partial charge on any atom is 2.00 e. The van der Waals surface area contributed by atoms with E-state index in [4.69, 9.17) is 0 Å². The summed E-state index contributed by atoms with van der Waals surface area (Å²) in [6.07, 6.45) is 3.46. The van der Waals surface area contributed by atoms with Crippen molar-refractivity contribution in [3.05, 3.63) is 18.5 Å². The predicted octanol–water partition coefficient (Wildman–Crippen LogP) is 0.254. The van der Waals surface area contributed by atoms with Gasteiger partial charge in [0.1, 0.15) is 0 Å². The molecule has 0 bridgehead atoms. The molecule has 3 heteroatoms. The van der Waals surface area contributed by atoms with Crippen molar-refractivity contribution in [2.75, 3.05) is 0 Å². The molecule has 0 fully saturated rings. The normalized spacial score (nSPS) is 6.67. The van der Waals surface area contributed by atoms with E-state index in [9.17, 15) is 0 Å². The fraction of sp³-hybridized carbons (Fsp3) is 0. The van der Waals surface area contributed by atoms with E-state index in [1.165, 1.54) is 0 Å². The molecule has 0 aromatic carbocycles. The maximum atomic E-state index is 3.60. The van der Waals surface area contributed by atoms with Gasteiger partial charge in [-0.05, 0) is 6.07 Å². The molecule has 30 valence electrons. The Balaban J connectivity index is -0.0000000833. The van der Waals surface area contributed by atoms with Crippen molar-refractivity contribution in [3.8, 4) is 0 Å². The van der Waals surface area contributed by atoms with Gasteiger partial charge in [-0.15, -0.1) is 0 Å². The van der Waals surface area contributed by atoms with E-state index in [-0.39, 0.29) is 40.6 Å². The van der Waals surface area contributed by atoms with Gasteiger partial charge in [0, 0.05) is 12.4 Å². The summed E-state index contributed by atoms with van der Waals surface area (Å²) in [6, 6.07) is 1.83. The van der Waals surface area contributed by atoms with E-state index in [0.29, 0.717) is 0 Å². The Hall–Kier alpha value is 0.470. The van der Waals surface area contributed by atoms with E-state index >= 15 is 0 Å². The van der Waals surface area contributed by atoms with Crippen molar-refractivity contribution >= 4 is 37.7 Å². The van der Waals surface area contributed by atoms with Crippen LogP contribution in [0.15, 0.2) is 18.5 Å². The average molecular weight is 110 g/mol. The first-order valence-electron chi connectivity index (χ1n) is 1.44. The molecule has 1 aromatic rings. The Bertz CT molecular complexity index is 71.8. The van der Waals surface area contributed by atoms with Crippen LogP contribution in [0.5, 0.6) is 0 Å². The second kappa shape index (κ2) is 3.65. The monoisotopic (exact) mass is 110 g/mol. The van der Waals surface area contributed by atoms with Crippen LogP contribution in [-0.4, -0.2) is 47.9 Å². The van der Waals surface area contributed by atoms with Crippen molar-refractivity contribution in [2.24, 2.45) is 0 Å². The molecule has 1 heterocycles. The number of hydrogen-bond donors (Lipinski definition) is 1. The molecule has 0 spiro atoms. The van der Waals surface area contributed by atoms with Gasteiger partial charge < -0.3 is 2.85 Å². The summed E-state index contributed by atoms with van der Waals surface area (Å²) >= 11 is 0. The van der Waals surface area contributed by atoms with Crippen LogP contribution in [-0.2, 0) is 0 Å². The largest absolute Gasteiger partial charge is 2.00 e. The number of aromatic amines is 1. The fourth-order valence-electron chi connectivity index (χ4n) is 0.215. The Morgan fingerprint density at radius 1 is 1.67 bits per heavy atom. The van der Waals surface area contributed by atoms with Gasteiger partial charge in [-0.2, -0.15) is 5.10 Å². The molecule has 0 amide bonds. The first-order chi connectivity index (χ1) is 2.50. The first-order valence-corrected chi connectivity index (χ1v) is 1.44. The van der Waals surface area contributed by atoms with E-state index < -0.39 is 0 Å². The summed E-state index contributed by atoms with van der Waals surface area (Å²) in [5.41, 5.74) is 0. The summed E-state index contributed by atoms with van der Waals surface area (Å²) in [5.74, 6) is 0. The third-order valence-corrected chi connectivity index (χ3v) is 0.406. The Kier molecular flexibility index (Phi) is 3.94. The van der Waals surface area contributed by atoms with Gasteiger partial charge >= 0.3 is 37.7 Å². The summed E-state index contributed by atoms with van der Waals surface area (Å²) < 4.78 is 0. The number of H-pyrrole nitrogens is 1. The Morgan fingerprint density at radius 3 is 2.67 bits per heavy atom. The van der Waals surface area contributed by atoms with E-state index in [1.54, 1.807) is 12.4 Å². The molecule has 0 atom stereocenters. The van der Waals surface area contributed by atoms with Crippen LogP contribution in [0.25, 0.3) is 0 Å². The zero-order valence-corrected chi connectivity index (χ0v) is 5.59. The third kappa shape index (κ3) is 1.80. The molecule has 0 saturated carbocycles. The predicted molar refractivity (Wildman–Crippen MR) is 26.6 cm³/mol. The molecule has 0 aliphatic heterocycles. The Labute approximate surface area is 68.9 Å². The van der Waals surface area contributed by atoms with Crippen LogP contribution in [0.4, 0.5) is 0 Å². The SMILES string of the molecule is [Ca+2].[H-].[H-].c1cn[nH]c1. The van der Waals surface area contributed by atoms with Crippen LogP contribution in [0.2, 0.25) is 0 Å². The summed E-state index contributed by atoms with van der Waals surface area (Å²) in [6.45, 7) is 0. The van der Waals surface area contributed by atoms with Crippen LogP contribution in [0.3, 0.4) is 0 Å². The van der Waals surface area contributed by atoms with Gasteiger partial charge in [0.2, 0.25) is 0 Å². The van der Waals surface area contributed by atoms with Crippen molar-refractivity contribution in [3.63, 3.8) is 0 Å². The zero-order chi connectivity index (χ0) is 3.54. The molecule has 2 nitrogen and oxygen atoms in total. The van der Waals surface area contributed by atoms with E-state index in [1.807, 2.05) is 6.07 Å². The van der Waals surface area contributed by atoms with Gasteiger partial charge in [0.25, 0.3) is 0 Å². The zero-order valence-electron chi connectivity index (χ0n) is 5.39. The summed E-state index contributed by atoms with van der Waals surface area (Å²) in [4.78, 5) is 0. The fourth-order valence-corrected chi connectivity index (χ4v) is 0.215. The van der Waals surface area contributed by atoms with Gasteiger partial charge in [-0.25, -0.2) is 0 Å². The second-order valence-corrected chi connectivity index (χ2v) is 0.766. The molecule has 0 radical (unpaired) electrons. The third-order valence-electron chi connectivity index (χ3n) is 0.406. The molecule has 6 heavy (non-hydrogen) atoms. The minimum atomic E-state index is 0. The molecule has 1 N–H and O–H groups in total. The topological polar surface area (TPSA) is 28.7 Å². The smallest absolute Gasteiger partial charge is 1.00 e. The molecular weight excluding hydrogens is 104 g/mol. The maximum absolute atomic E-state index is 3.60. The number of rotatable bonds is 0. The average Bonchev–Trinajstić information content (AvgIpc) is 1.76. The Morgan fingerprint density at radius 2 is 2.50 bits per heavy atom. The van der Waals surface area contributed by atoms with Crippen LogP contribution in [0.1, 0.15) is 2.85 Å². The summed E-state index contributed by atoms with van der Waals surface area (Å²) in [5, 5.41) is 6.21. The number of nitrogens with zero attached hydrogens (tertiary/aromatic N) is 1. The minimum absolute atomic E-state index is 0. The van der Waals surface area contributed by atoms with Crippen molar-refractivity contribution in [1.29, 1.82) is 0 Å². The van der Waals surface area contributed by atoms with Crippen molar-refractivity contribution in [1.82, 2.24) is 10.2 Å². The number of aromatic nitrogens is 2. The van der Waals surface area contributed by atoms with Gasteiger partial charge in [0.15, 0.2) is 0 Å². The van der Waals surface area contributed by atoms with Gasteiger partial charge in [-0.1, -0.05) is 0 Å². The molecule has 1 aromatic heterocycles. The van der Waals surface area contributed by atoms with Crippen molar-refractivity contribution in [2.45, 2.75) is 0 Å². The molecule has 0 saturated heterocycles. The number of nitrogens with one attached hydrogen (secondary N) is 1. The molecule has 0 aliphatic rings. The van der Waals surface area contributed by atoms with Crippen LogP contribution in [0, 0.1) is 0 Å². The summed E-state index contributed by atoms with van der Waals surface area (Å²) in [7, 11) is 0.